The second-order valence-electron chi connectivity index (χ2n) is 3.91. The van der Waals surface area contributed by atoms with Gasteiger partial charge in [0.2, 0.25) is 0 Å². The lowest BCUT2D eigenvalue weighted by atomic mass is 10.1. The Hall–Kier alpha value is -1.43. The highest BCUT2D eigenvalue weighted by molar-refractivity contribution is 7.98. The van der Waals surface area contributed by atoms with Gasteiger partial charge in [0.25, 0.3) is 5.91 Å². The van der Waals surface area contributed by atoms with Gasteiger partial charge in [-0.05, 0) is 37.0 Å². The number of halogens is 1. The van der Waals surface area contributed by atoms with E-state index < -0.39 is 11.7 Å². The Bertz CT molecular complexity index is 426. The van der Waals surface area contributed by atoms with Gasteiger partial charge >= 0.3 is 0 Å². The molecule has 0 spiro atoms. The van der Waals surface area contributed by atoms with Gasteiger partial charge < -0.3 is 16.8 Å². The van der Waals surface area contributed by atoms with Crippen LogP contribution in [0.4, 0.5) is 15.8 Å². The minimum Gasteiger partial charge on any atom is -0.398 e. The third-order valence-corrected chi connectivity index (χ3v) is 3.19. The largest absolute Gasteiger partial charge is 0.398 e. The molecule has 0 atom stereocenters. The zero-order valence-corrected chi connectivity index (χ0v) is 11.1. The summed E-state index contributed by atoms with van der Waals surface area (Å²) in [5.74, 6) is -0.0429. The lowest BCUT2D eigenvalue weighted by Gasteiger charge is -2.10. The first-order valence-electron chi connectivity index (χ1n) is 5.68. The number of benzene rings is 1. The second-order valence-corrected chi connectivity index (χ2v) is 4.90. The molecule has 1 amide bonds. The van der Waals surface area contributed by atoms with Crippen LogP contribution in [0.5, 0.6) is 0 Å². The molecule has 0 aliphatic rings. The van der Waals surface area contributed by atoms with Crippen LogP contribution >= 0.6 is 11.8 Å². The van der Waals surface area contributed by atoms with Crippen molar-refractivity contribution in [2.45, 2.75) is 12.8 Å². The molecule has 0 radical (unpaired) electrons. The van der Waals surface area contributed by atoms with E-state index in [4.69, 9.17) is 11.5 Å². The molecule has 0 saturated carbocycles. The first-order chi connectivity index (χ1) is 8.56. The van der Waals surface area contributed by atoms with E-state index in [1.54, 1.807) is 11.8 Å². The molecule has 0 saturated heterocycles. The second kappa shape index (κ2) is 7.10. The molecule has 100 valence electrons. The average molecular weight is 271 g/mol. The SMILES string of the molecule is CSCCCCNc1cc(C(N)=O)c(N)cc1F. The molecule has 1 aromatic carbocycles. The summed E-state index contributed by atoms with van der Waals surface area (Å²) in [4.78, 5) is 11.1. The van der Waals surface area contributed by atoms with Crippen LogP contribution in [0, 0.1) is 5.82 Å². The Morgan fingerprint density at radius 2 is 2.17 bits per heavy atom. The van der Waals surface area contributed by atoms with Gasteiger partial charge in [0.1, 0.15) is 5.82 Å². The summed E-state index contributed by atoms with van der Waals surface area (Å²) in [6.45, 7) is 0.652. The van der Waals surface area contributed by atoms with Crippen molar-refractivity contribution < 1.29 is 9.18 Å². The van der Waals surface area contributed by atoms with E-state index in [2.05, 4.69) is 5.32 Å². The minimum atomic E-state index is -0.655. The third-order valence-electron chi connectivity index (χ3n) is 2.50. The Kier molecular flexibility index (Phi) is 5.77. The van der Waals surface area contributed by atoms with Crippen molar-refractivity contribution in [1.82, 2.24) is 0 Å². The molecule has 0 aliphatic heterocycles. The van der Waals surface area contributed by atoms with E-state index in [0.717, 1.165) is 24.7 Å². The smallest absolute Gasteiger partial charge is 0.250 e. The van der Waals surface area contributed by atoms with Crippen LogP contribution in [0.15, 0.2) is 12.1 Å². The van der Waals surface area contributed by atoms with E-state index >= 15 is 0 Å². The Morgan fingerprint density at radius 1 is 1.44 bits per heavy atom. The molecule has 1 rings (SSSR count). The van der Waals surface area contributed by atoms with Crippen LogP contribution in [0.3, 0.4) is 0 Å². The molecule has 18 heavy (non-hydrogen) atoms. The Labute approximate surface area is 110 Å². The van der Waals surface area contributed by atoms with Crippen molar-refractivity contribution in [2.75, 3.05) is 29.6 Å². The van der Waals surface area contributed by atoms with Gasteiger partial charge in [-0.2, -0.15) is 11.8 Å². The van der Waals surface area contributed by atoms with Gasteiger partial charge in [-0.15, -0.1) is 0 Å². The highest BCUT2D eigenvalue weighted by Gasteiger charge is 2.11. The maximum atomic E-state index is 13.6. The van der Waals surface area contributed by atoms with Crippen molar-refractivity contribution in [3.8, 4) is 0 Å². The van der Waals surface area contributed by atoms with E-state index in [1.807, 2.05) is 6.26 Å². The van der Waals surface area contributed by atoms with E-state index in [9.17, 15) is 9.18 Å². The molecule has 0 aromatic heterocycles. The van der Waals surface area contributed by atoms with Crippen LogP contribution in [-0.4, -0.2) is 24.5 Å². The van der Waals surface area contributed by atoms with Crippen LogP contribution in [0.25, 0.3) is 0 Å². The monoisotopic (exact) mass is 271 g/mol. The van der Waals surface area contributed by atoms with Gasteiger partial charge in [-0.1, -0.05) is 0 Å². The van der Waals surface area contributed by atoms with Crippen LogP contribution < -0.4 is 16.8 Å². The summed E-state index contributed by atoms with van der Waals surface area (Å²) in [5, 5.41) is 2.95. The summed E-state index contributed by atoms with van der Waals surface area (Å²) in [6.07, 6.45) is 4.05. The molecule has 0 bridgehead atoms. The molecule has 5 N–H and O–H groups in total. The number of carbonyl (C=O) groups is 1. The fourth-order valence-electron chi connectivity index (χ4n) is 1.53. The summed E-state index contributed by atoms with van der Waals surface area (Å²) < 4.78 is 13.6. The topological polar surface area (TPSA) is 81.1 Å². The first kappa shape index (κ1) is 14.6. The molecule has 0 unspecified atom stereocenters. The fraction of sp³-hybridized carbons (Fsp3) is 0.417. The normalized spacial score (nSPS) is 10.3. The van der Waals surface area contributed by atoms with Gasteiger partial charge in [-0.25, -0.2) is 4.39 Å². The number of anilines is 2. The highest BCUT2D eigenvalue weighted by atomic mass is 32.2. The van der Waals surface area contributed by atoms with Gasteiger partial charge in [0.15, 0.2) is 0 Å². The maximum absolute atomic E-state index is 13.6. The van der Waals surface area contributed by atoms with E-state index in [-0.39, 0.29) is 16.9 Å². The van der Waals surface area contributed by atoms with Crippen LogP contribution in [0.2, 0.25) is 0 Å². The third kappa shape index (κ3) is 4.10. The quantitative estimate of drug-likeness (QED) is 0.524. The lowest BCUT2D eigenvalue weighted by Crippen LogP contribution is -2.15. The predicted molar refractivity (Wildman–Crippen MR) is 75.4 cm³/mol. The predicted octanol–water partition coefficient (Wildman–Crippen LogP) is 2.06. The Balaban J connectivity index is 2.65. The number of hydrogen-bond acceptors (Lipinski definition) is 4. The zero-order chi connectivity index (χ0) is 13.5. The van der Waals surface area contributed by atoms with Crippen LogP contribution in [-0.2, 0) is 0 Å². The summed E-state index contributed by atoms with van der Waals surface area (Å²) in [7, 11) is 0. The highest BCUT2D eigenvalue weighted by Crippen LogP contribution is 2.22. The Morgan fingerprint density at radius 3 is 2.78 bits per heavy atom. The molecule has 0 aliphatic carbocycles. The standard InChI is InChI=1S/C12H18FN3OS/c1-18-5-3-2-4-16-11-6-8(12(15)17)10(14)7-9(11)13/h6-7,16H,2-5,14H2,1H3,(H2,15,17). The number of rotatable bonds is 7. The lowest BCUT2D eigenvalue weighted by molar-refractivity contribution is 0.100. The van der Waals surface area contributed by atoms with Gasteiger partial charge in [0.05, 0.1) is 11.3 Å². The number of thioether (sulfide) groups is 1. The zero-order valence-electron chi connectivity index (χ0n) is 10.3. The van der Waals surface area contributed by atoms with Crippen molar-refractivity contribution in [3.05, 3.63) is 23.5 Å². The number of unbranched alkanes of at least 4 members (excludes halogenated alkanes) is 1. The van der Waals surface area contributed by atoms with Crippen LogP contribution in [0.1, 0.15) is 23.2 Å². The summed E-state index contributed by atoms with van der Waals surface area (Å²) in [5.41, 5.74) is 11.1. The molecule has 0 fully saturated rings. The summed E-state index contributed by atoms with van der Waals surface area (Å²) >= 11 is 1.78. The maximum Gasteiger partial charge on any atom is 0.250 e. The average Bonchev–Trinajstić information content (AvgIpc) is 2.30. The number of primary amides is 1. The molecule has 6 heteroatoms. The first-order valence-corrected chi connectivity index (χ1v) is 7.07. The van der Waals surface area contributed by atoms with E-state index in [1.165, 1.54) is 6.07 Å². The number of nitrogen functional groups attached to an aromatic ring is 1. The number of amides is 1. The number of carbonyl (C=O) groups excluding carboxylic acids is 1. The molecule has 1 aromatic rings. The van der Waals surface area contributed by atoms with Crippen molar-refractivity contribution >= 4 is 29.0 Å². The van der Waals surface area contributed by atoms with Crippen molar-refractivity contribution in [1.29, 1.82) is 0 Å². The number of nitrogens with one attached hydrogen (secondary N) is 1. The number of hydrogen-bond donors (Lipinski definition) is 3. The van der Waals surface area contributed by atoms with Crippen molar-refractivity contribution in [3.63, 3.8) is 0 Å². The van der Waals surface area contributed by atoms with E-state index in [0.29, 0.717) is 6.54 Å². The van der Waals surface area contributed by atoms with Gasteiger partial charge in [-0.3, -0.25) is 4.79 Å². The number of nitrogens with two attached hydrogens (primary N) is 2. The molecular weight excluding hydrogens is 253 g/mol. The molecule has 4 nitrogen and oxygen atoms in total. The summed E-state index contributed by atoms with van der Waals surface area (Å²) in [6, 6.07) is 2.48. The minimum absolute atomic E-state index is 0.0629. The van der Waals surface area contributed by atoms with Crippen molar-refractivity contribution in [2.24, 2.45) is 5.73 Å². The molecular formula is C12H18FN3OS. The molecule has 0 heterocycles. The van der Waals surface area contributed by atoms with Gasteiger partial charge in [0, 0.05) is 12.2 Å². The fourth-order valence-corrected chi connectivity index (χ4v) is 2.02.